The fourth-order valence-electron chi connectivity index (χ4n) is 2.07. The maximum atomic E-state index is 5.84. The summed E-state index contributed by atoms with van der Waals surface area (Å²) in [6, 6.07) is 8.05. The topological polar surface area (TPSA) is 44.5 Å². The summed E-state index contributed by atoms with van der Waals surface area (Å²) in [5.41, 5.74) is 6.95. The maximum Gasteiger partial charge on any atom is 0.119 e. The Morgan fingerprint density at radius 3 is 3.12 bits per heavy atom. The van der Waals surface area contributed by atoms with Gasteiger partial charge in [0, 0.05) is 19.1 Å². The molecule has 1 aliphatic rings. The van der Waals surface area contributed by atoms with Crippen molar-refractivity contribution in [3.8, 4) is 5.75 Å². The van der Waals surface area contributed by atoms with E-state index in [2.05, 4.69) is 0 Å². The van der Waals surface area contributed by atoms with Crippen molar-refractivity contribution >= 4 is 0 Å². The smallest absolute Gasteiger partial charge is 0.119 e. The highest BCUT2D eigenvalue weighted by Gasteiger charge is 2.15. The van der Waals surface area contributed by atoms with Crippen molar-refractivity contribution in [3.63, 3.8) is 0 Å². The summed E-state index contributed by atoms with van der Waals surface area (Å²) in [6.07, 6.45) is 3.72. The Morgan fingerprint density at radius 1 is 1.53 bits per heavy atom. The molecule has 0 spiro atoms. The number of hydrogen-bond acceptors (Lipinski definition) is 3. The molecular formula is C14H21NO2. The lowest BCUT2D eigenvalue weighted by atomic mass is 10.1. The summed E-state index contributed by atoms with van der Waals surface area (Å²) >= 11 is 0. The Kier molecular flexibility index (Phi) is 4.40. The Bertz CT molecular complexity index is 346. The molecule has 0 radical (unpaired) electrons. The number of ether oxygens (including phenoxy) is 2. The van der Waals surface area contributed by atoms with Crippen LogP contribution in [0.5, 0.6) is 5.75 Å². The second-order valence-corrected chi connectivity index (χ2v) is 4.63. The van der Waals surface area contributed by atoms with Crippen LogP contribution in [0.1, 0.15) is 37.8 Å². The van der Waals surface area contributed by atoms with Crippen LogP contribution in [0.3, 0.4) is 0 Å². The third-order valence-electron chi connectivity index (χ3n) is 3.12. The molecular weight excluding hydrogens is 214 g/mol. The lowest BCUT2D eigenvalue weighted by molar-refractivity contribution is 0.0903. The lowest BCUT2D eigenvalue weighted by Gasteiger charge is -2.12. The summed E-state index contributed by atoms with van der Waals surface area (Å²) in [7, 11) is 0. The van der Waals surface area contributed by atoms with Gasteiger partial charge in [-0.2, -0.15) is 0 Å². The number of nitrogens with two attached hydrogens (primary N) is 1. The second-order valence-electron chi connectivity index (χ2n) is 4.63. The third kappa shape index (κ3) is 3.72. The molecule has 0 aliphatic carbocycles. The van der Waals surface area contributed by atoms with E-state index in [4.69, 9.17) is 15.2 Å². The minimum absolute atomic E-state index is 0.0525. The van der Waals surface area contributed by atoms with Crippen molar-refractivity contribution < 1.29 is 9.47 Å². The summed E-state index contributed by atoms with van der Waals surface area (Å²) in [5, 5.41) is 0. The molecule has 1 aliphatic heterocycles. The normalized spacial score (nSPS) is 21.4. The van der Waals surface area contributed by atoms with Gasteiger partial charge in [-0.25, -0.2) is 0 Å². The highest BCUT2D eigenvalue weighted by Crippen LogP contribution is 2.19. The molecule has 1 unspecified atom stereocenters. The number of rotatable bonds is 5. The number of benzene rings is 1. The van der Waals surface area contributed by atoms with Gasteiger partial charge in [0.15, 0.2) is 0 Å². The van der Waals surface area contributed by atoms with Gasteiger partial charge in [0.2, 0.25) is 0 Å². The summed E-state index contributed by atoms with van der Waals surface area (Å²) < 4.78 is 11.3. The zero-order valence-electron chi connectivity index (χ0n) is 10.4. The van der Waals surface area contributed by atoms with Crippen LogP contribution in [-0.2, 0) is 4.74 Å². The van der Waals surface area contributed by atoms with Gasteiger partial charge in [0.1, 0.15) is 5.75 Å². The van der Waals surface area contributed by atoms with E-state index in [1.165, 1.54) is 12.8 Å². The van der Waals surface area contributed by atoms with Crippen LogP contribution in [0, 0.1) is 0 Å². The standard InChI is InChI=1S/C14H21NO2/c1-11(15)12-4-2-5-14(10-12)17-9-7-13-6-3-8-16-13/h2,4-5,10-11,13H,3,6-9,15H2,1H3/t11-,13?/m1/s1. The maximum absolute atomic E-state index is 5.84. The molecule has 1 aromatic carbocycles. The minimum atomic E-state index is 0.0525. The Hall–Kier alpha value is -1.06. The lowest BCUT2D eigenvalue weighted by Crippen LogP contribution is -2.11. The van der Waals surface area contributed by atoms with Crippen LogP contribution < -0.4 is 10.5 Å². The zero-order chi connectivity index (χ0) is 12.1. The van der Waals surface area contributed by atoms with Crippen LogP contribution in [-0.4, -0.2) is 19.3 Å². The van der Waals surface area contributed by atoms with Crippen LogP contribution in [0.15, 0.2) is 24.3 Å². The third-order valence-corrected chi connectivity index (χ3v) is 3.12. The fourth-order valence-corrected chi connectivity index (χ4v) is 2.07. The predicted molar refractivity (Wildman–Crippen MR) is 68.1 cm³/mol. The quantitative estimate of drug-likeness (QED) is 0.853. The molecule has 0 bridgehead atoms. The largest absolute Gasteiger partial charge is 0.493 e. The monoisotopic (exact) mass is 235 g/mol. The molecule has 2 rings (SSSR count). The minimum Gasteiger partial charge on any atom is -0.493 e. The van der Waals surface area contributed by atoms with Crippen molar-refractivity contribution in [3.05, 3.63) is 29.8 Å². The Balaban J connectivity index is 1.79. The average Bonchev–Trinajstić information content (AvgIpc) is 2.82. The average molecular weight is 235 g/mol. The van der Waals surface area contributed by atoms with Crippen LogP contribution >= 0.6 is 0 Å². The first kappa shape index (κ1) is 12.4. The molecule has 2 N–H and O–H groups in total. The molecule has 3 heteroatoms. The van der Waals surface area contributed by atoms with E-state index >= 15 is 0 Å². The van der Waals surface area contributed by atoms with E-state index in [1.54, 1.807) is 0 Å². The van der Waals surface area contributed by atoms with Crippen molar-refractivity contribution in [1.29, 1.82) is 0 Å². The Labute approximate surface area is 103 Å². The van der Waals surface area contributed by atoms with Crippen LogP contribution in [0.25, 0.3) is 0 Å². The summed E-state index contributed by atoms with van der Waals surface area (Å²) in [4.78, 5) is 0. The van der Waals surface area contributed by atoms with Gasteiger partial charge >= 0.3 is 0 Å². The van der Waals surface area contributed by atoms with Crippen LogP contribution in [0.4, 0.5) is 0 Å². The van der Waals surface area contributed by atoms with Gasteiger partial charge in [0.25, 0.3) is 0 Å². The van der Waals surface area contributed by atoms with Crippen molar-refractivity contribution in [2.24, 2.45) is 5.73 Å². The van der Waals surface area contributed by atoms with E-state index in [-0.39, 0.29) is 6.04 Å². The fraction of sp³-hybridized carbons (Fsp3) is 0.571. The first-order chi connectivity index (χ1) is 8.25. The van der Waals surface area contributed by atoms with E-state index in [0.717, 1.165) is 24.3 Å². The molecule has 0 amide bonds. The molecule has 2 atom stereocenters. The highest BCUT2D eigenvalue weighted by atomic mass is 16.5. The highest BCUT2D eigenvalue weighted by molar-refractivity contribution is 5.30. The van der Waals surface area contributed by atoms with Crippen molar-refractivity contribution in [2.75, 3.05) is 13.2 Å². The van der Waals surface area contributed by atoms with Crippen molar-refractivity contribution in [2.45, 2.75) is 38.3 Å². The molecule has 0 aromatic heterocycles. The molecule has 3 nitrogen and oxygen atoms in total. The molecule has 1 aromatic rings. The van der Waals surface area contributed by atoms with E-state index in [1.807, 2.05) is 31.2 Å². The van der Waals surface area contributed by atoms with Gasteiger partial charge in [0.05, 0.1) is 12.7 Å². The predicted octanol–water partition coefficient (Wildman–Crippen LogP) is 2.65. The van der Waals surface area contributed by atoms with Crippen molar-refractivity contribution in [1.82, 2.24) is 0 Å². The molecule has 1 saturated heterocycles. The van der Waals surface area contributed by atoms with E-state index in [9.17, 15) is 0 Å². The number of hydrogen-bond donors (Lipinski definition) is 1. The first-order valence-corrected chi connectivity index (χ1v) is 6.35. The molecule has 1 fully saturated rings. The Morgan fingerprint density at radius 2 is 2.41 bits per heavy atom. The van der Waals surface area contributed by atoms with E-state index in [0.29, 0.717) is 12.7 Å². The van der Waals surface area contributed by atoms with Gasteiger partial charge in [-0.05, 0) is 37.5 Å². The zero-order valence-corrected chi connectivity index (χ0v) is 10.4. The SMILES string of the molecule is C[C@@H](N)c1cccc(OCCC2CCCO2)c1. The van der Waals surface area contributed by atoms with Gasteiger partial charge in [-0.1, -0.05) is 12.1 Å². The first-order valence-electron chi connectivity index (χ1n) is 6.35. The van der Waals surface area contributed by atoms with Gasteiger partial charge < -0.3 is 15.2 Å². The van der Waals surface area contributed by atoms with Gasteiger partial charge in [-0.15, -0.1) is 0 Å². The molecule has 17 heavy (non-hydrogen) atoms. The molecule has 94 valence electrons. The van der Waals surface area contributed by atoms with E-state index < -0.39 is 0 Å². The molecule has 0 saturated carbocycles. The molecule has 1 heterocycles. The summed E-state index contributed by atoms with van der Waals surface area (Å²) in [6.45, 7) is 3.60. The van der Waals surface area contributed by atoms with Crippen LogP contribution in [0.2, 0.25) is 0 Å². The second kappa shape index (κ2) is 6.03. The van der Waals surface area contributed by atoms with Gasteiger partial charge in [-0.3, -0.25) is 0 Å². The summed E-state index contributed by atoms with van der Waals surface area (Å²) in [5.74, 6) is 0.901.